The first kappa shape index (κ1) is 12.4. The van der Waals surface area contributed by atoms with E-state index in [-0.39, 0.29) is 17.8 Å². The smallest absolute Gasteiger partial charge is 0.166 e. The zero-order valence-electron chi connectivity index (χ0n) is 9.70. The minimum atomic E-state index is -0.798. The van der Waals surface area contributed by atoms with E-state index in [1.807, 2.05) is 30.3 Å². The quantitative estimate of drug-likeness (QED) is 0.750. The fourth-order valence-corrected chi connectivity index (χ4v) is 1.75. The van der Waals surface area contributed by atoms with E-state index in [1.165, 1.54) is 6.07 Å². The van der Waals surface area contributed by atoms with Crippen LogP contribution in [0.2, 0.25) is 0 Å². The first-order valence-electron chi connectivity index (χ1n) is 5.69. The van der Waals surface area contributed by atoms with Crippen molar-refractivity contribution < 1.29 is 13.6 Å². The Morgan fingerprint density at radius 3 is 2.39 bits per heavy atom. The Bertz CT molecular complexity index is 550. The highest BCUT2D eigenvalue weighted by Crippen LogP contribution is 2.13. The number of carbonyl (C=O) groups is 1. The molecule has 0 spiro atoms. The van der Waals surface area contributed by atoms with Crippen LogP contribution < -0.4 is 0 Å². The third kappa shape index (κ3) is 3.00. The van der Waals surface area contributed by atoms with Gasteiger partial charge in [-0.25, -0.2) is 8.78 Å². The predicted molar refractivity (Wildman–Crippen MR) is 65.5 cm³/mol. The van der Waals surface area contributed by atoms with Crippen LogP contribution in [0.5, 0.6) is 0 Å². The molecule has 0 fully saturated rings. The molecule has 0 aliphatic rings. The van der Waals surface area contributed by atoms with Gasteiger partial charge in [-0.15, -0.1) is 0 Å². The van der Waals surface area contributed by atoms with Crippen molar-refractivity contribution in [3.05, 3.63) is 71.3 Å². The Balaban J connectivity index is 2.04. The summed E-state index contributed by atoms with van der Waals surface area (Å²) < 4.78 is 26.1. The molecule has 0 atom stereocenters. The molecule has 0 saturated carbocycles. The number of ketones is 1. The second-order valence-electron chi connectivity index (χ2n) is 4.03. The number of hydrogen-bond acceptors (Lipinski definition) is 1. The Morgan fingerprint density at radius 2 is 1.72 bits per heavy atom. The van der Waals surface area contributed by atoms with E-state index < -0.39 is 11.6 Å². The summed E-state index contributed by atoms with van der Waals surface area (Å²) in [5.41, 5.74) is 0.973. The normalized spacial score (nSPS) is 10.3. The Hall–Kier alpha value is -2.03. The highest BCUT2D eigenvalue weighted by atomic mass is 19.1. The van der Waals surface area contributed by atoms with E-state index in [2.05, 4.69) is 0 Å². The van der Waals surface area contributed by atoms with Crippen LogP contribution in [0, 0.1) is 11.6 Å². The van der Waals surface area contributed by atoms with Gasteiger partial charge in [-0.3, -0.25) is 4.79 Å². The van der Waals surface area contributed by atoms with Gasteiger partial charge in [-0.1, -0.05) is 30.3 Å². The monoisotopic (exact) mass is 246 g/mol. The summed E-state index contributed by atoms with van der Waals surface area (Å²) in [6.45, 7) is 0. The summed E-state index contributed by atoms with van der Waals surface area (Å²) in [5, 5.41) is 0. The highest BCUT2D eigenvalue weighted by molar-refractivity contribution is 5.96. The molecule has 0 heterocycles. The van der Waals surface area contributed by atoms with Crippen molar-refractivity contribution in [2.75, 3.05) is 0 Å². The summed E-state index contributed by atoms with van der Waals surface area (Å²) in [6, 6.07) is 12.5. The molecule has 0 aliphatic heterocycles. The van der Waals surface area contributed by atoms with Crippen LogP contribution in [0.1, 0.15) is 22.3 Å². The summed E-state index contributed by atoms with van der Waals surface area (Å²) in [5.74, 6) is -1.78. The number of carbonyl (C=O) groups excluding carboxylic acids is 1. The molecule has 0 bridgehead atoms. The van der Waals surface area contributed by atoms with Gasteiger partial charge >= 0.3 is 0 Å². The Morgan fingerprint density at radius 1 is 1.00 bits per heavy atom. The molecule has 0 unspecified atom stereocenters. The minimum absolute atomic E-state index is 0.0488. The molecule has 0 aromatic heterocycles. The zero-order valence-corrected chi connectivity index (χ0v) is 9.70. The van der Waals surface area contributed by atoms with Crippen molar-refractivity contribution in [3.8, 4) is 0 Å². The van der Waals surface area contributed by atoms with Gasteiger partial charge in [-0.05, 0) is 24.1 Å². The molecule has 0 radical (unpaired) electrons. The van der Waals surface area contributed by atoms with Crippen LogP contribution in [0.4, 0.5) is 8.78 Å². The van der Waals surface area contributed by atoms with E-state index in [0.717, 1.165) is 17.7 Å². The predicted octanol–water partition coefficient (Wildman–Crippen LogP) is 3.78. The van der Waals surface area contributed by atoms with Crippen molar-refractivity contribution in [2.45, 2.75) is 12.8 Å². The van der Waals surface area contributed by atoms with E-state index in [4.69, 9.17) is 0 Å². The fraction of sp³-hybridized carbons (Fsp3) is 0.133. The average molecular weight is 246 g/mol. The van der Waals surface area contributed by atoms with Gasteiger partial charge in [0.15, 0.2) is 5.78 Å². The zero-order chi connectivity index (χ0) is 13.0. The SMILES string of the molecule is O=C(CCc1ccccc1)c1ccc(F)cc1F. The Labute approximate surface area is 104 Å². The van der Waals surface area contributed by atoms with Crippen LogP contribution in [-0.2, 0) is 6.42 Å². The lowest BCUT2D eigenvalue weighted by Crippen LogP contribution is -2.04. The van der Waals surface area contributed by atoms with Gasteiger partial charge in [0.2, 0.25) is 0 Å². The third-order valence-corrected chi connectivity index (χ3v) is 2.72. The molecule has 18 heavy (non-hydrogen) atoms. The van der Waals surface area contributed by atoms with E-state index in [9.17, 15) is 13.6 Å². The molecule has 2 rings (SSSR count). The van der Waals surface area contributed by atoms with Crippen molar-refractivity contribution in [2.24, 2.45) is 0 Å². The molecule has 0 N–H and O–H groups in total. The lowest BCUT2D eigenvalue weighted by atomic mass is 10.0. The topological polar surface area (TPSA) is 17.1 Å². The summed E-state index contributed by atoms with van der Waals surface area (Å²) in [4.78, 5) is 11.8. The standard InChI is InChI=1S/C15H12F2O/c16-12-7-8-13(14(17)10-12)15(18)9-6-11-4-2-1-3-5-11/h1-5,7-8,10H,6,9H2. The van der Waals surface area contributed by atoms with Gasteiger partial charge in [-0.2, -0.15) is 0 Å². The maximum absolute atomic E-state index is 13.4. The van der Waals surface area contributed by atoms with Gasteiger partial charge in [0.05, 0.1) is 5.56 Å². The average Bonchev–Trinajstić information content (AvgIpc) is 2.37. The van der Waals surface area contributed by atoms with Crippen molar-refractivity contribution in [3.63, 3.8) is 0 Å². The third-order valence-electron chi connectivity index (χ3n) is 2.72. The van der Waals surface area contributed by atoms with Gasteiger partial charge in [0.1, 0.15) is 11.6 Å². The first-order chi connectivity index (χ1) is 8.66. The van der Waals surface area contributed by atoms with Crippen LogP contribution in [-0.4, -0.2) is 5.78 Å². The molecule has 0 saturated heterocycles. The second kappa shape index (κ2) is 5.54. The van der Waals surface area contributed by atoms with E-state index in [1.54, 1.807) is 0 Å². The molecule has 92 valence electrons. The molecule has 0 aliphatic carbocycles. The lowest BCUT2D eigenvalue weighted by molar-refractivity contribution is 0.0979. The van der Waals surface area contributed by atoms with E-state index in [0.29, 0.717) is 6.42 Å². The number of rotatable bonds is 4. The van der Waals surface area contributed by atoms with Gasteiger partial charge in [0, 0.05) is 12.5 Å². The van der Waals surface area contributed by atoms with Gasteiger partial charge < -0.3 is 0 Å². The number of halogens is 2. The largest absolute Gasteiger partial charge is 0.294 e. The first-order valence-corrected chi connectivity index (χ1v) is 5.69. The molecule has 2 aromatic rings. The number of hydrogen-bond donors (Lipinski definition) is 0. The van der Waals surface area contributed by atoms with Gasteiger partial charge in [0.25, 0.3) is 0 Å². The van der Waals surface area contributed by atoms with Crippen LogP contribution in [0.25, 0.3) is 0 Å². The second-order valence-corrected chi connectivity index (χ2v) is 4.03. The number of aryl methyl sites for hydroxylation is 1. The maximum atomic E-state index is 13.4. The van der Waals surface area contributed by atoms with Crippen molar-refractivity contribution in [1.29, 1.82) is 0 Å². The summed E-state index contributed by atoms with van der Waals surface area (Å²) in [7, 11) is 0. The molecule has 0 amide bonds. The number of benzene rings is 2. The van der Waals surface area contributed by atoms with Crippen molar-refractivity contribution >= 4 is 5.78 Å². The minimum Gasteiger partial charge on any atom is -0.294 e. The molecular formula is C15H12F2O. The molecule has 3 heteroatoms. The molecule has 1 nitrogen and oxygen atoms in total. The summed E-state index contributed by atoms with van der Waals surface area (Å²) >= 11 is 0. The highest BCUT2D eigenvalue weighted by Gasteiger charge is 2.12. The molecular weight excluding hydrogens is 234 g/mol. The Kier molecular flexibility index (Phi) is 3.82. The van der Waals surface area contributed by atoms with Crippen molar-refractivity contribution in [1.82, 2.24) is 0 Å². The maximum Gasteiger partial charge on any atom is 0.166 e. The number of Topliss-reactive ketones (excluding diaryl/α,β-unsaturated/α-hetero) is 1. The fourth-order valence-electron chi connectivity index (χ4n) is 1.75. The van der Waals surface area contributed by atoms with E-state index >= 15 is 0 Å². The summed E-state index contributed by atoms with van der Waals surface area (Å²) in [6.07, 6.45) is 0.767. The van der Waals surface area contributed by atoms with Crippen LogP contribution >= 0.6 is 0 Å². The van der Waals surface area contributed by atoms with Crippen LogP contribution in [0.3, 0.4) is 0 Å². The lowest BCUT2D eigenvalue weighted by Gasteiger charge is -2.03. The molecule has 2 aromatic carbocycles. The van der Waals surface area contributed by atoms with Crippen LogP contribution in [0.15, 0.2) is 48.5 Å².